The van der Waals surface area contributed by atoms with E-state index < -0.39 is 6.23 Å². The highest BCUT2D eigenvalue weighted by Gasteiger charge is 2.13. The van der Waals surface area contributed by atoms with Crippen LogP contribution in [0.15, 0.2) is 48.9 Å². The summed E-state index contributed by atoms with van der Waals surface area (Å²) in [4.78, 5) is 23.1. The summed E-state index contributed by atoms with van der Waals surface area (Å²) in [6.45, 7) is 6.49. The topological polar surface area (TPSA) is 121 Å². The van der Waals surface area contributed by atoms with E-state index in [1.165, 1.54) is 10.9 Å². The van der Waals surface area contributed by atoms with E-state index in [9.17, 15) is 9.90 Å². The van der Waals surface area contributed by atoms with Gasteiger partial charge in [0.1, 0.15) is 18.3 Å². The lowest BCUT2D eigenvalue weighted by atomic mass is 10.1. The van der Waals surface area contributed by atoms with Crippen LogP contribution in [0.2, 0.25) is 0 Å². The number of anilines is 1. The van der Waals surface area contributed by atoms with Crippen molar-refractivity contribution in [3.8, 4) is 11.6 Å². The quantitative estimate of drug-likeness (QED) is 0.338. The molecule has 0 aliphatic carbocycles. The van der Waals surface area contributed by atoms with Crippen LogP contribution in [0, 0.1) is 0 Å². The maximum Gasteiger partial charge on any atom is 0.331 e. The summed E-state index contributed by atoms with van der Waals surface area (Å²) in [6.07, 6.45) is 3.31. The SMILES string of the molecule is CC(C)c1cc(NC(=O)n2ccc3cc(Oc4cc(CCN(C)C(C)O)ncn4)ccc32)n[nH]1. The number of carbonyl (C=O) groups is 1. The first kappa shape index (κ1) is 23.4. The molecular weight excluding hydrogens is 434 g/mol. The lowest BCUT2D eigenvalue weighted by molar-refractivity contribution is 0.0392. The van der Waals surface area contributed by atoms with E-state index in [4.69, 9.17) is 4.74 Å². The van der Waals surface area contributed by atoms with Crippen LogP contribution in [0.1, 0.15) is 38.1 Å². The van der Waals surface area contributed by atoms with Crippen molar-refractivity contribution >= 4 is 22.8 Å². The Labute approximate surface area is 197 Å². The van der Waals surface area contributed by atoms with Crippen LogP contribution >= 0.6 is 0 Å². The molecule has 0 aliphatic heterocycles. The number of nitrogens with one attached hydrogen (secondary N) is 2. The van der Waals surface area contributed by atoms with Crippen molar-refractivity contribution in [3.05, 3.63) is 60.3 Å². The van der Waals surface area contributed by atoms with Gasteiger partial charge < -0.3 is 9.84 Å². The molecule has 1 amide bonds. The van der Waals surface area contributed by atoms with Crippen molar-refractivity contribution in [1.29, 1.82) is 0 Å². The van der Waals surface area contributed by atoms with Crippen LogP contribution in [-0.4, -0.2) is 60.6 Å². The minimum Gasteiger partial charge on any atom is -0.439 e. The van der Waals surface area contributed by atoms with Gasteiger partial charge in [0.05, 0.1) is 5.52 Å². The minimum atomic E-state index is -0.518. The Bertz CT molecular complexity index is 1280. The fourth-order valence-corrected chi connectivity index (χ4v) is 3.40. The van der Waals surface area contributed by atoms with Gasteiger partial charge in [-0.05, 0) is 44.2 Å². The Kier molecular flexibility index (Phi) is 6.90. The highest BCUT2D eigenvalue weighted by Crippen LogP contribution is 2.26. The van der Waals surface area contributed by atoms with Crippen LogP contribution in [0.3, 0.4) is 0 Å². The number of H-pyrrole nitrogens is 1. The van der Waals surface area contributed by atoms with Crippen molar-refractivity contribution in [2.75, 3.05) is 18.9 Å². The third-order valence-corrected chi connectivity index (χ3v) is 5.61. The van der Waals surface area contributed by atoms with Crippen molar-refractivity contribution in [1.82, 2.24) is 29.6 Å². The van der Waals surface area contributed by atoms with Crippen molar-refractivity contribution in [2.45, 2.75) is 39.3 Å². The highest BCUT2D eigenvalue weighted by molar-refractivity contribution is 5.98. The Morgan fingerprint density at radius 3 is 2.76 bits per heavy atom. The number of aliphatic hydroxyl groups excluding tert-OH is 1. The van der Waals surface area contributed by atoms with Gasteiger partial charge in [0, 0.05) is 48.1 Å². The fraction of sp³-hybridized carbons (Fsp3) is 0.333. The molecule has 4 rings (SSSR count). The van der Waals surface area contributed by atoms with Gasteiger partial charge in [-0.25, -0.2) is 14.8 Å². The van der Waals surface area contributed by atoms with Gasteiger partial charge in [-0.3, -0.25) is 19.9 Å². The number of rotatable bonds is 8. The van der Waals surface area contributed by atoms with E-state index in [2.05, 4.69) is 39.3 Å². The second kappa shape index (κ2) is 10.0. The van der Waals surface area contributed by atoms with E-state index in [1.54, 1.807) is 25.3 Å². The van der Waals surface area contributed by atoms with Gasteiger partial charge >= 0.3 is 6.03 Å². The molecule has 0 fully saturated rings. The van der Waals surface area contributed by atoms with Crippen molar-refractivity contribution in [3.63, 3.8) is 0 Å². The number of likely N-dealkylation sites (N-methyl/N-ethyl adjacent to an activating group) is 1. The molecule has 1 aromatic carbocycles. The zero-order chi connectivity index (χ0) is 24.2. The lowest BCUT2D eigenvalue weighted by Gasteiger charge is -2.19. The zero-order valence-electron chi connectivity index (χ0n) is 19.7. The molecule has 0 spiro atoms. The maximum atomic E-state index is 12.8. The number of amides is 1. The van der Waals surface area contributed by atoms with Crippen molar-refractivity contribution < 1.29 is 14.6 Å². The van der Waals surface area contributed by atoms with Gasteiger partial charge in [0.15, 0.2) is 5.82 Å². The maximum absolute atomic E-state index is 12.8. The number of ether oxygens (including phenoxy) is 1. The monoisotopic (exact) mass is 463 g/mol. The molecule has 10 nitrogen and oxygen atoms in total. The number of aliphatic hydroxyl groups is 1. The van der Waals surface area contributed by atoms with Gasteiger partial charge in [-0.2, -0.15) is 5.10 Å². The largest absolute Gasteiger partial charge is 0.439 e. The molecule has 0 radical (unpaired) electrons. The molecule has 178 valence electrons. The minimum absolute atomic E-state index is 0.292. The Morgan fingerprint density at radius 2 is 2.03 bits per heavy atom. The number of carbonyl (C=O) groups excluding carboxylic acids is 1. The molecule has 0 saturated carbocycles. The first-order valence-corrected chi connectivity index (χ1v) is 11.1. The number of aromatic amines is 1. The second-order valence-electron chi connectivity index (χ2n) is 8.51. The molecule has 3 aromatic heterocycles. The summed E-state index contributed by atoms with van der Waals surface area (Å²) < 4.78 is 7.47. The lowest BCUT2D eigenvalue weighted by Crippen LogP contribution is -2.30. The number of fused-ring (bicyclic) bond motifs is 1. The number of benzene rings is 1. The van der Waals surface area contributed by atoms with Crippen molar-refractivity contribution in [2.24, 2.45) is 0 Å². The Morgan fingerprint density at radius 1 is 1.21 bits per heavy atom. The van der Waals surface area contributed by atoms with Gasteiger partial charge in [-0.15, -0.1) is 0 Å². The zero-order valence-corrected chi connectivity index (χ0v) is 19.7. The van der Waals surface area contributed by atoms with E-state index in [1.807, 2.05) is 36.2 Å². The van der Waals surface area contributed by atoms with E-state index in [0.717, 1.165) is 22.3 Å². The summed E-state index contributed by atoms with van der Waals surface area (Å²) in [5.74, 6) is 1.81. The fourth-order valence-electron chi connectivity index (χ4n) is 3.40. The molecule has 34 heavy (non-hydrogen) atoms. The van der Waals surface area contributed by atoms with E-state index in [-0.39, 0.29) is 6.03 Å². The number of aromatic nitrogens is 5. The first-order valence-electron chi connectivity index (χ1n) is 11.1. The molecule has 0 aliphatic rings. The number of hydrogen-bond donors (Lipinski definition) is 3. The Hall–Kier alpha value is -3.76. The molecule has 3 heterocycles. The third kappa shape index (κ3) is 5.41. The third-order valence-electron chi connectivity index (χ3n) is 5.61. The van der Waals surface area contributed by atoms with Crippen LogP contribution in [0.5, 0.6) is 11.6 Å². The summed E-state index contributed by atoms with van der Waals surface area (Å²) >= 11 is 0. The highest BCUT2D eigenvalue weighted by atomic mass is 16.5. The van der Waals surface area contributed by atoms with Gasteiger partial charge in [0.25, 0.3) is 0 Å². The summed E-state index contributed by atoms with van der Waals surface area (Å²) in [5, 5.41) is 20.3. The predicted molar refractivity (Wildman–Crippen MR) is 129 cm³/mol. The summed E-state index contributed by atoms with van der Waals surface area (Å²) in [6, 6.07) is 10.6. The molecule has 10 heteroatoms. The standard InChI is InChI=1S/C24H29N7O3/c1-15(2)20-13-22(29-28-20)27-24(33)31-10-7-17-11-19(5-6-21(17)31)34-23-12-18(25-14-26-23)8-9-30(4)16(3)32/h5-7,10-16,32H,8-9H2,1-4H3,(H2,27,28,29,33). The van der Waals surface area contributed by atoms with E-state index in [0.29, 0.717) is 36.3 Å². The molecular formula is C24H29N7O3. The predicted octanol–water partition coefficient (Wildman–Crippen LogP) is 3.96. The summed E-state index contributed by atoms with van der Waals surface area (Å²) in [5.41, 5.74) is 2.52. The average molecular weight is 464 g/mol. The van der Waals surface area contributed by atoms with Crippen LogP contribution in [0.25, 0.3) is 10.9 Å². The molecule has 0 saturated heterocycles. The van der Waals surface area contributed by atoms with Gasteiger partial charge in [-0.1, -0.05) is 13.8 Å². The number of hydrogen-bond acceptors (Lipinski definition) is 7. The molecule has 1 atom stereocenters. The molecule has 1 unspecified atom stereocenters. The molecule has 3 N–H and O–H groups in total. The summed E-state index contributed by atoms with van der Waals surface area (Å²) in [7, 11) is 1.85. The smallest absolute Gasteiger partial charge is 0.331 e. The van der Waals surface area contributed by atoms with Crippen LogP contribution in [-0.2, 0) is 6.42 Å². The second-order valence-corrected chi connectivity index (χ2v) is 8.51. The molecule has 0 bridgehead atoms. The number of nitrogens with zero attached hydrogens (tertiary/aromatic N) is 5. The van der Waals surface area contributed by atoms with Crippen LogP contribution in [0.4, 0.5) is 10.6 Å². The average Bonchev–Trinajstić information content (AvgIpc) is 3.44. The van der Waals surface area contributed by atoms with Gasteiger partial charge in [0.2, 0.25) is 5.88 Å². The van der Waals surface area contributed by atoms with Crippen LogP contribution < -0.4 is 10.1 Å². The Balaban J connectivity index is 1.44. The van der Waals surface area contributed by atoms with E-state index >= 15 is 0 Å². The molecule has 4 aromatic rings. The normalized spacial score (nSPS) is 12.4. The first-order chi connectivity index (χ1) is 16.3.